The van der Waals surface area contributed by atoms with E-state index in [9.17, 15) is 14.4 Å². The molecule has 1 aliphatic rings. The molecule has 1 fully saturated rings. The Morgan fingerprint density at radius 2 is 1.61 bits per heavy atom. The molecule has 0 N–H and O–H groups in total. The van der Waals surface area contributed by atoms with Gasteiger partial charge < -0.3 is 14.3 Å². The molecule has 1 aliphatic heterocycles. The van der Waals surface area contributed by atoms with Crippen LogP contribution in [0.15, 0.2) is 0 Å². The lowest BCUT2D eigenvalue weighted by Crippen LogP contribution is -2.34. The Hall–Kier alpha value is -1.47. The van der Waals surface area contributed by atoms with E-state index in [4.69, 9.17) is 14.3 Å². The minimum Gasteiger partial charge on any atom is -0.379 e. The summed E-state index contributed by atoms with van der Waals surface area (Å²) in [7, 11) is 1.65. The highest BCUT2D eigenvalue weighted by Crippen LogP contribution is 2.21. The second-order valence-corrected chi connectivity index (χ2v) is 6.87. The molecule has 0 aromatic rings. The predicted molar refractivity (Wildman–Crippen MR) is 82.1 cm³/mol. The number of imide groups is 1. The highest BCUT2D eigenvalue weighted by atomic mass is 16.7. The van der Waals surface area contributed by atoms with Crippen molar-refractivity contribution >= 4 is 17.8 Å². The highest BCUT2D eigenvalue weighted by Gasteiger charge is 2.33. The Morgan fingerprint density at radius 1 is 1.04 bits per heavy atom. The van der Waals surface area contributed by atoms with Crippen LogP contribution in [0.4, 0.5) is 0 Å². The van der Waals surface area contributed by atoms with Crippen LogP contribution in [-0.2, 0) is 28.7 Å². The van der Waals surface area contributed by atoms with Crippen molar-refractivity contribution in [3.05, 3.63) is 0 Å². The maximum Gasteiger partial charge on any atom is 0.333 e. The molecular formula is C16H27NO6. The van der Waals surface area contributed by atoms with Crippen LogP contribution in [0.2, 0.25) is 0 Å². The summed E-state index contributed by atoms with van der Waals surface area (Å²) >= 11 is 0. The molecule has 23 heavy (non-hydrogen) atoms. The summed E-state index contributed by atoms with van der Waals surface area (Å²) in [6.07, 6.45) is 1.41. The fraction of sp³-hybridized carbons (Fsp3) is 0.812. The summed E-state index contributed by atoms with van der Waals surface area (Å²) in [6, 6.07) is 0. The van der Waals surface area contributed by atoms with Crippen LogP contribution in [-0.4, -0.2) is 47.8 Å². The van der Waals surface area contributed by atoms with E-state index in [1.807, 2.05) is 27.7 Å². The van der Waals surface area contributed by atoms with Gasteiger partial charge in [0.2, 0.25) is 0 Å². The summed E-state index contributed by atoms with van der Waals surface area (Å²) in [4.78, 5) is 39.4. The second-order valence-electron chi connectivity index (χ2n) is 6.87. The molecule has 0 saturated carbocycles. The van der Waals surface area contributed by atoms with Gasteiger partial charge in [-0.25, -0.2) is 4.79 Å². The van der Waals surface area contributed by atoms with Gasteiger partial charge in [-0.2, -0.15) is 0 Å². The Bertz CT molecular complexity index is 441. The molecule has 0 radical (unpaired) electrons. The summed E-state index contributed by atoms with van der Waals surface area (Å²) in [6.45, 7) is 8.22. The molecule has 0 unspecified atom stereocenters. The standard InChI is InChI=1S/C16H27NO6/c1-15(2,21-5)10-11-22-16(3,4)9-8-14(20)23-17-12(18)6-7-13(17)19/h6-11H2,1-5H3. The van der Waals surface area contributed by atoms with Gasteiger partial charge in [-0.05, 0) is 40.5 Å². The average Bonchev–Trinajstić information content (AvgIpc) is 2.77. The minimum atomic E-state index is -0.609. The molecule has 1 rings (SSSR count). The molecule has 0 atom stereocenters. The lowest BCUT2D eigenvalue weighted by molar-refractivity contribution is -0.198. The van der Waals surface area contributed by atoms with Gasteiger partial charge in [0.15, 0.2) is 0 Å². The fourth-order valence-electron chi connectivity index (χ4n) is 1.96. The molecule has 0 spiro atoms. The Kier molecular flexibility index (Phi) is 6.70. The molecule has 1 heterocycles. The van der Waals surface area contributed by atoms with Crippen molar-refractivity contribution in [2.24, 2.45) is 0 Å². The quantitative estimate of drug-likeness (QED) is 0.602. The van der Waals surface area contributed by atoms with Gasteiger partial charge in [-0.15, -0.1) is 5.06 Å². The third-order valence-corrected chi connectivity index (χ3v) is 3.88. The molecule has 7 heteroatoms. The number of amides is 2. The van der Waals surface area contributed by atoms with Crippen LogP contribution in [0.1, 0.15) is 59.8 Å². The van der Waals surface area contributed by atoms with Gasteiger partial charge in [0.1, 0.15) is 0 Å². The van der Waals surface area contributed by atoms with Crippen LogP contribution in [0, 0.1) is 0 Å². The van der Waals surface area contributed by atoms with Crippen LogP contribution in [0.25, 0.3) is 0 Å². The van der Waals surface area contributed by atoms with Crippen molar-refractivity contribution in [1.82, 2.24) is 5.06 Å². The van der Waals surface area contributed by atoms with Gasteiger partial charge in [-0.1, -0.05) is 0 Å². The monoisotopic (exact) mass is 329 g/mol. The summed E-state index contributed by atoms with van der Waals surface area (Å²) in [5.41, 5.74) is -0.770. The predicted octanol–water partition coefficient (Wildman–Crippen LogP) is 1.98. The smallest absolute Gasteiger partial charge is 0.333 e. The third-order valence-electron chi connectivity index (χ3n) is 3.88. The van der Waals surface area contributed by atoms with Crippen molar-refractivity contribution in [3.63, 3.8) is 0 Å². The van der Waals surface area contributed by atoms with E-state index >= 15 is 0 Å². The largest absolute Gasteiger partial charge is 0.379 e. The van der Waals surface area contributed by atoms with Crippen LogP contribution in [0.3, 0.4) is 0 Å². The van der Waals surface area contributed by atoms with E-state index in [0.717, 1.165) is 6.42 Å². The zero-order chi connectivity index (χ0) is 17.7. The first kappa shape index (κ1) is 19.6. The van der Waals surface area contributed by atoms with E-state index < -0.39 is 23.4 Å². The van der Waals surface area contributed by atoms with E-state index in [1.54, 1.807) is 7.11 Å². The third kappa shape index (κ3) is 6.66. The average molecular weight is 329 g/mol. The number of nitrogens with zero attached hydrogens (tertiary/aromatic N) is 1. The number of rotatable bonds is 9. The molecule has 1 saturated heterocycles. The fourth-order valence-corrected chi connectivity index (χ4v) is 1.96. The van der Waals surface area contributed by atoms with Crippen LogP contribution < -0.4 is 0 Å². The second kappa shape index (κ2) is 7.88. The minimum absolute atomic E-state index is 0.0672. The maximum atomic E-state index is 11.8. The molecule has 0 aromatic carbocycles. The molecule has 7 nitrogen and oxygen atoms in total. The van der Waals surface area contributed by atoms with Gasteiger partial charge in [0, 0.05) is 20.0 Å². The van der Waals surface area contributed by atoms with Crippen molar-refractivity contribution in [2.45, 2.75) is 71.0 Å². The van der Waals surface area contributed by atoms with Gasteiger partial charge in [0.25, 0.3) is 11.8 Å². The van der Waals surface area contributed by atoms with Gasteiger partial charge >= 0.3 is 5.97 Å². The number of hydroxylamine groups is 2. The first-order valence-corrected chi connectivity index (χ1v) is 7.82. The zero-order valence-corrected chi connectivity index (χ0v) is 14.6. The summed E-state index contributed by atoms with van der Waals surface area (Å²) < 4.78 is 11.1. The number of hydrogen-bond donors (Lipinski definition) is 0. The van der Waals surface area contributed by atoms with Crippen LogP contribution in [0.5, 0.6) is 0 Å². The van der Waals surface area contributed by atoms with E-state index in [1.165, 1.54) is 0 Å². The first-order chi connectivity index (χ1) is 10.6. The number of methoxy groups -OCH3 is 1. The Balaban J connectivity index is 2.33. The van der Waals surface area contributed by atoms with E-state index in [-0.39, 0.29) is 24.9 Å². The Morgan fingerprint density at radius 3 is 2.13 bits per heavy atom. The first-order valence-electron chi connectivity index (χ1n) is 7.82. The lowest BCUT2D eigenvalue weighted by atomic mass is 10.0. The summed E-state index contributed by atoms with van der Waals surface area (Å²) in [5.74, 6) is -1.55. The normalized spacial score (nSPS) is 16.1. The number of hydrogen-bond acceptors (Lipinski definition) is 6. The highest BCUT2D eigenvalue weighted by molar-refractivity contribution is 6.01. The summed E-state index contributed by atoms with van der Waals surface area (Å²) in [5, 5.41) is 0.567. The van der Waals surface area contributed by atoms with Crippen LogP contribution >= 0.6 is 0 Å². The van der Waals surface area contributed by atoms with Crippen molar-refractivity contribution in [2.75, 3.05) is 13.7 Å². The van der Waals surface area contributed by atoms with Crippen molar-refractivity contribution < 1.29 is 28.7 Å². The lowest BCUT2D eigenvalue weighted by Gasteiger charge is -2.28. The molecule has 2 amide bonds. The molecule has 0 aliphatic carbocycles. The SMILES string of the molecule is COC(C)(C)CCOC(C)(C)CCC(=O)ON1C(=O)CCC1=O. The molecular weight excluding hydrogens is 302 g/mol. The zero-order valence-electron chi connectivity index (χ0n) is 14.6. The number of ether oxygens (including phenoxy) is 2. The van der Waals surface area contributed by atoms with Gasteiger partial charge in [0.05, 0.1) is 24.2 Å². The molecule has 0 aromatic heterocycles. The molecule has 132 valence electrons. The van der Waals surface area contributed by atoms with E-state index in [0.29, 0.717) is 18.1 Å². The van der Waals surface area contributed by atoms with Crippen molar-refractivity contribution in [3.8, 4) is 0 Å². The Labute approximate surface area is 137 Å². The topological polar surface area (TPSA) is 82.1 Å². The number of carbonyl (C=O) groups excluding carboxylic acids is 3. The molecule has 0 bridgehead atoms. The van der Waals surface area contributed by atoms with Gasteiger partial charge in [-0.3, -0.25) is 9.59 Å². The maximum absolute atomic E-state index is 11.8. The van der Waals surface area contributed by atoms with Crippen molar-refractivity contribution in [1.29, 1.82) is 0 Å². The number of carbonyl (C=O) groups is 3. The van der Waals surface area contributed by atoms with E-state index in [2.05, 4.69) is 0 Å².